The Morgan fingerprint density at radius 1 is 1.57 bits per heavy atom. The Morgan fingerprint density at radius 2 is 2.36 bits per heavy atom. The van der Waals surface area contributed by atoms with E-state index in [0.717, 1.165) is 45.2 Å². The van der Waals surface area contributed by atoms with E-state index in [-0.39, 0.29) is 0 Å². The van der Waals surface area contributed by atoms with Crippen molar-refractivity contribution in [2.45, 2.75) is 45.1 Å². The third kappa shape index (κ3) is 3.51. The lowest BCUT2D eigenvalue weighted by atomic mass is 10.0. The number of hydrogen-bond donors (Lipinski definition) is 0. The summed E-state index contributed by atoms with van der Waals surface area (Å²) in [6.45, 7) is 4.17. The molecule has 0 amide bonds. The third-order valence-electron chi connectivity index (χ3n) is 2.84. The fourth-order valence-electron chi connectivity index (χ4n) is 1.92. The van der Waals surface area contributed by atoms with Crippen molar-refractivity contribution in [1.82, 2.24) is 4.90 Å². The molecule has 2 heteroatoms. The normalized spacial score (nSPS) is 23.4. The number of terminal acetylenes is 1. The van der Waals surface area contributed by atoms with Gasteiger partial charge in [0, 0.05) is 31.8 Å². The zero-order valence-electron chi connectivity index (χ0n) is 8.96. The van der Waals surface area contributed by atoms with Gasteiger partial charge in [0.15, 0.2) is 0 Å². The van der Waals surface area contributed by atoms with Crippen LogP contribution in [0.4, 0.5) is 0 Å². The van der Waals surface area contributed by atoms with Crippen molar-refractivity contribution in [3.05, 3.63) is 0 Å². The number of ketones is 1. The largest absolute Gasteiger partial charge is 0.300 e. The molecule has 0 bridgehead atoms. The van der Waals surface area contributed by atoms with Gasteiger partial charge < -0.3 is 0 Å². The highest BCUT2D eigenvalue weighted by Crippen LogP contribution is 2.14. The van der Waals surface area contributed by atoms with Gasteiger partial charge in [-0.05, 0) is 26.3 Å². The minimum absolute atomic E-state index is 0.414. The van der Waals surface area contributed by atoms with Crippen LogP contribution < -0.4 is 0 Å². The number of carbonyl (C=O) groups is 1. The maximum absolute atomic E-state index is 11.1. The van der Waals surface area contributed by atoms with Gasteiger partial charge >= 0.3 is 0 Å². The van der Waals surface area contributed by atoms with Gasteiger partial charge in [-0.1, -0.05) is 0 Å². The Bertz CT molecular complexity index is 229. The molecule has 1 rings (SSSR count). The average Bonchev–Trinajstić information content (AvgIpc) is 2.15. The number of rotatable bonds is 4. The van der Waals surface area contributed by atoms with Crippen molar-refractivity contribution in [1.29, 1.82) is 0 Å². The predicted molar refractivity (Wildman–Crippen MR) is 58.0 cm³/mol. The summed E-state index contributed by atoms with van der Waals surface area (Å²) in [5.41, 5.74) is 0. The van der Waals surface area contributed by atoms with Crippen molar-refractivity contribution < 1.29 is 4.79 Å². The number of hydrogen-bond acceptors (Lipinski definition) is 2. The smallest absolute Gasteiger partial charge is 0.135 e. The topological polar surface area (TPSA) is 20.3 Å². The fourth-order valence-corrected chi connectivity index (χ4v) is 1.92. The Balaban J connectivity index is 2.18. The Kier molecular flexibility index (Phi) is 4.69. The molecule has 1 saturated heterocycles. The van der Waals surface area contributed by atoms with Crippen LogP contribution in [0.1, 0.15) is 39.0 Å². The second-order valence-electron chi connectivity index (χ2n) is 4.04. The van der Waals surface area contributed by atoms with E-state index in [0.29, 0.717) is 11.8 Å². The highest BCUT2D eigenvalue weighted by Gasteiger charge is 2.22. The zero-order valence-corrected chi connectivity index (χ0v) is 8.96. The van der Waals surface area contributed by atoms with Crippen LogP contribution in [0.3, 0.4) is 0 Å². The molecule has 0 aliphatic carbocycles. The minimum Gasteiger partial charge on any atom is -0.300 e. The van der Waals surface area contributed by atoms with Gasteiger partial charge in [-0.15, -0.1) is 12.3 Å². The minimum atomic E-state index is 0.414. The van der Waals surface area contributed by atoms with E-state index in [2.05, 4.69) is 17.7 Å². The van der Waals surface area contributed by atoms with Crippen LogP contribution >= 0.6 is 0 Å². The lowest BCUT2D eigenvalue weighted by Crippen LogP contribution is -2.41. The second kappa shape index (κ2) is 5.82. The molecular weight excluding hydrogens is 174 g/mol. The number of carbonyl (C=O) groups excluding carboxylic acids is 1. The molecule has 1 unspecified atom stereocenters. The van der Waals surface area contributed by atoms with Crippen LogP contribution in [0.15, 0.2) is 0 Å². The summed E-state index contributed by atoms with van der Waals surface area (Å²) in [6.07, 6.45) is 9.79. The molecular formula is C12H19NO. The molecule has 78 valence electrons. The molecule has 0 spiro atoms. The molecule has 0 saturated carbocycles. The summed E-state index contributed by atoms with van der Waals surface area (Å²) < 4.78 is 0. The standard InChI is InChI=1S/C12H19NO/c1-3-4-5-6-8-13-9-7-12(14)10-11(13)2/h1,11H,4-10H2,2H3. The first-order valence-electron chi connectivity index (χ1n) is 5.43. The molecule has 14 heavy (non-hydrogen) atoms. The van der Waals surface area contributed by atoms with Gasteiger partial charge in [-0.25, -0.2) is 0 Å². The van der Waals surface area contributed by atoms with Crippen molar-refractivity contribution in [3.63, 3.8) is 0 Å². The average molecular weight is 193 g/mol. The summed E-state index contributed by atoms with van der Waals surface area (Å²) in [5, 5.41) is 0. The number of Topliss-reactive ketones (excluding diaryl/α,β-unsaturated/α-hetero) is 1. The van der Waals surface area contributed by atoms with Crippen molar-refractivity contribution >= 4 is 5.78 Å². The number of likely N-dealkylation sites (tertiary alicyclic amines) is 1. The first kappa shape index (κ1) is 11.3. The van der Waals surface area contributed by atoms with Crippen LogP contribution in [-0.2, 0) is 4.79 Å². The van der Waals surface area contributed by atoms with E-state index >= 15 is 0 Å². The molecule has 1 fully saturated rings. The van der Waals surface area contributed by atoms with Gasteiger partial charge in [0.25, 0.3) is 0 Å². The number of nitrogens with zero attached hydrogens (tertiary/aromatic N) is 1. The maximum atomic E-state index is 11.1. The Morgan fingerprint density at radius 3 is 3.00 bits per heavy atom. The van der Waals surface area contributed by atoms with Crippen LogP contribution in [0.2, 0.25) is 0 Å². The zero-order chi connectivity index (χ0) is 10.4. The van der Waals surface area contributed by atoms with E-state index in [1.807, 2.05) is 0 Å². The monoisotopic (exact) mass is 193 g/mol. The van der Waals surface area contributed by atoms with Crippen molar-refractivity contribution in [2.24, 2.45) is 0 Å². The molecule has 0 aromatic carbocycles. The van der Waals surface area contributed by atoms with Gasteiger partial charge in [0.1, 0.15) is 5.78 Å². The van der Waals surface area contributed by atoms with Crippen molar-refractivity contribution in [2.75, 3.05) is 13.1 Å². The lowest BCUT2D eigenvalue weighted by Gasteiger charge is -2.32. The lowest BCUT2D eigenvalue weighted by molar-refractivity contribution is -0.122. The van der Waals surface area contributed by atoms with Crippen molar-refractivity contribution in [3.8, 4) is 12.3 Å². The summed E-state index contributed by atoms with van der Waals surface area (Å²) in [5.74, 6) is 3.07. The SMILES string of the molecule is C#CCCCCN1CCC(=O)CC1C. The van der Waals surface area contributed by atoms with Crippen LogP contribution in [-0.4, -0.2) is 29.8 Å². The highest BCUT2D eigenvalue weighted by molar-refractivity contribution is 5.79. The van der Waals surface area contributed by atoms with Gasteiger partial charge in [-0.2, -0.15) is 0 Å². The second-order valence-corrected chi connectivity index (χ2v) is 4.04. The molecule has 0 radical (unpaired) electrons. The van der Waals surface area contributed by atoms with Crippen LogP contribution in [0.25, 0.3) is 0 Å². The Labute approximate surface area is 86.7 Å². The molecule has 1 atom stereocenters. The molecule has 1 aliphatic heterocycles. The summed E-state index contributed by atoms with van der Waals surface area (Å²) >= 11 is 0. The first-order chi connectivity index (χ1) is 6.74. The summed E-state index contributed by atoms with van der Waals surface area (Å²) in [4.78, 5) is 13.5. The first-order valence-corrected chi connectivity index (χ1v) is 5.43. The van der Waals surface area contributed by atoms with Gasteiger partial charge in [0.05, 0.1) is 0 Å². The number of unbranched alkanes of at least 4 members (excludes halogenated alkanes) is 2. The number of piperidine rings is 1. The Hall–Kier alpha value is -0.810. The fraction of sp³-hybridized carbons (Fsp3) is 0.750. The van der Waals surface area contributed by atoms with E-state index in [1.54, 1.807) is 0 Å². The molecule has 0 aromatic heterocycles. The summed E-state index contributed by atoms with van der Waals surface area (Å²) in [6, 6.07) is 0.432. The molecule has 1 heterocycles. The maximum Gasteiger partial charge on any atom is 0.135 e. The van der Waals surface area contributed by atoms with Crippen LogP contribution in [0, 0.1) is 12.3 Å². The van der Waals surface area contributed by atoms with E-state index in [1.165, 1.54) is 0 Å². The quantitative estimate of drug-likeness (QED) is 0.501. The third-order valence-corrected chi connectivity index (χ3v) is 2.84. The van der Waals surface area contributed by atoms with Crippen LogP contribution in [0.5, 0.6) is 0 Å². The van der Waals surface area contributed by atoms with E-state index in [4.69, 9.17) is 6.42 Å². The molecule has 1 aliphatic rings. The van der Waals surface area contributed by atoms with Gasteiger partial charge in [0.2, 0.25) is 0 Å². The van der Waals surface area contributed by atoms with Gasteiger partial charge in [-0.3, -0.25) is 9.69 Å². The predicted octanol–water partition coefficient (Wildman–Crippen LogP) is 1.84. The van der Waals surface area contributed by atoms with E-state index < -0.39 is 0 Å². The summed E-state index contributed by atoms with van der Waals surface area (Å²) in [7, 11) is 0. The highest BCUT2D eigenvalue weighted by atomic mass is 16.1. The van der Waals surface area contributed by atoms with E-state index in [9.17, 15) is 4.79 Å². The molecule has 0 N–H and O–H groups in total. The molecule has 2 nitrogen and oxygen atoms in total. The molecule has 0 aromatic rings.